The van der Waals surface area contributed by atoms with Gasteiger partial charge in [-0.3, -0.25) is 0 Å². The molecule has 0 fully saturated rings. The number of para-hydroxylation sites is 2. The molecule has 0 aromatic heterocycles. The summed E-state index contributed by atoms with van der Waals surface area (Å²) in [6.07, 6.45) is 3.55. The average molecular weight is 313 g/mol. The van der Waals surface area contributed by atoms with Crippen LogP contribution >= 0.6 is 0 Å². The summed E-state index contributed by atoms with van der Waals surface area (Å²) in [4.78, 5) is 0. The fourth-order valence-electron chi connectivity index (χ4n) is 2.43. The van der Waals surface area contributed by atoms with Crippen LogP contribution in [0.3, 0.4) is 0 Å². The maximum Gasteiger partial charge on any atom is 0.161 e. The Bertz CT molecular complexity index is 566. The Morgan fingerprint density at radius 2 is 1.61 bits per heavy atom. The Balaban J connectivity index is 1.52. The molecule has 0 atom stereocenters. The minimum atomic E-state index is 0.651. The van der Waals surface area contributed by atoms with Crippen molar-refractivity contribution in [3.05, 3.63) is 59.7 Å². The van der Waals surface area contributed by atoms with Gasteiger partial charge in [0, 0.05) is 6.54 Å². The molecule has 0 aliphatic rings. The highest BCUT2D eigenvalue weighted by Crippen LogP contribution is 2.25. The third-order valence-corrected chi connectivity index (χ3v) is 3.80. The molecule has 0 spiro atoms. The zero-order valence-electron chi connectivity index (χ0n) is 14.2. The molecule has 0 aliphatic carbocycles. The van der Waals surface area contributed by atoms with E-state index in [2.05, 4.69) is 36.5 Å². The minimum absolute atomic E-state index is 0.651. The van der Waals surface area contributed by atoms with Gasteiger partial charge in [0.2, 0.25) is 0 Å². The fourth-order valence-corrected chi connectivity index (χ4v) is 2.43. The second-order valence-corrected chi connectivity index (χ2v) is 5.69. The predicted octanol–water partition coefficient (Wildman–Crippen LogP) is 3.99. The van der Waals surface area contributed by atoms with Gasteiger partial charge in [0.05, 0.1) is 7.11 Å². The fraction of sp³-hybridized carbons (Fsp3) is 0.400. The van der Waals surface area contributed by atoms with Gasteiger partial charge in [0.25, 0.3) is 0 Å². The Morgan fingerprint density at radius 3 is 2.35 bits per heavy atom. The number of methoxy groups -OCH3 is 1. The van der Waals surface area contributed by atoms with Gasteiger partial charge in [-0.1, -0.05) is 42.0 Å². The standard InChI is InChI=1S/C20H27NO2/c1-17-10-12-18(13-11-17)7-5-6-14-21-15-16-23-20-9-4-3-8-19(20)22-2/h3-4,8-13,21H,5-7,14-16H2,1-2H3. The summed E-state index contributed by atoms with van der Waals surface area (Å²) in [5, 5.41) is 3.42. The molecule has 3 nitrogen and oxygen atoms in total. The third-order valence-electron chi connectivity index (χ3n) is 3.80. The van der Waals surface area contributed by atoms with E-state index in [1.165, 1.54) is 24.0 Å². The number of benzene rings is 2. The number of aryl methyl sites for hydroxylation is 2. The maximum absolute atomic E-state index is 5.73. The number of hydrogen-bond donors (Lipinski definition) is 1. The highest BCUT2D eigenvalue weighted by molar-refractivity contribution is 5.39. The molecule has 23 heavy (non-hydrogen) atoms. The molecule has 0 amide bonds. The average Bonchev–Trinajstić information content (AvgIpc) is 2.59. The molecule has 3 heteroatoms. The van der Waals surface area contributed by atoms with E-state index in [-0.39, 0.29) is 0 Å². The van der Waals surface area contributed by atoms with Crippen molar-refractivity contribution in [2.24, 2.45) is 0 Å². The van der Waals surface area contributed by atoms with Gasteiger partial charge < -0.3 is 14.8 Å². The lowest BCUT2D eigenvalue weighted by Crippen LogP contribution is -2.22. The van der Waals surface area contributed by atoms with Crippen LogP contribution in [0.15, 0.2) is 48.5 Å². The molecule has 0 saturated heterocycles. The highest BCUT2D eigenvalue weighted by Gasteiger charge is 2.01. The van der Waals surface area contributed by atoms with Crippen molar-refractivity contribution in [2.75, 3.05) is 26.8 Å². The van der Waals surface area contributed by atoms with E-state index < -0.39 is 0 Å². The van der Waals surface area contributed by atoms with Crippen LogP contribution in [0.5, 0.6) is 11.5 Å². The lowest BCUT2D eigenvalue weighted by Gasteiger charge is -2.10. The van der Waals surface area contributed by atoms with Gasteiger partial charge in [0.1, 0.15) is 6.61 Å². The summed E-state index contributed by atoms with van der Waals surface area (Å²) in [7, 11) is 1.66. The zero-order chi connectivity index (χ0) is 16.3. The van der Waals surface area contributed by atoms with Crippen LogP contribution in [-0.4, -0.2) is 26.8 Å². The number of ether oxygens (including phenoxy) is 2. The SMILES string of the molecule is COc1ccccc1OCCNCCCCc1ccc(C)cc1. The van der Waals surface area contributed by atoms with Crippen molar-refractivity contribution in [3.63, 3.8) is 0 Å². The van der Waals surface area contributed by atoms with E-state index in [1.54, 1.807) is 7.11 Å². The molecule has 0 radical (unpaired) electrons. The molecule has 0 aliphatic heterocycles. The van der Waals surface area contributed by atoms with E-state index in [4.69, 9.17) is 9.47 Å². The van der Waals surface area contributed by atoms with E-state index >= 15 is 0 Å². The summed E-state index contributed by atoms with van der Waals surface area (Å²) in [5.74, 6) is 1.58. The van der Waals surface area contributed by atoms with E-state index in [9.17, 15) is 0 Å². The number of nitrogens with one attached hydrogen (secondary N) is 1. The van der Waals surface area contributed by atoms with Crippen LogP contribution in [-0.2, 0) is 6.42 Å². The van der Waals surface area contributed by atoms with E-state index in [0.717, 1.165) is 31.0 Å². The van der Waals surface area contributed by atoms with Gasteiger partial charge in [0.15, 0.2) is 11.5 Å². The molecule has 0 saturated carbocycles. The quantitative estimate of drug-likeness (QED) is 0.673. The van der Waals surface area contributed by atoms with Gasteiger partial charge >= 0.3 is 0 Å². The second kappa shape index (κ2) is 9.90. The third kappa shape index (κ3) is 6.33. The van der Waals surface area contributed by atoms with Crippen LogP contribution < -0.4 is 14.8 Å². The minimum Gasteiger partial charge on any atom is -0.493 e. The lowest BCUT2D eigenvalue weighted by atomic mass is 10.1. The summed E-state index contributed by atoms with van der Waals surface area (Å²) in [5.41, 5.74) is 2.75. The predicted molar refractivity (Wildman–Crippen MR) is 95.5 cm³/mol. The van der Waals surface area contributed by atoms with Crippen molar-refractivity contribution in [1.29, 1.82) is 0 Å². The molecular formula is C20H27NO2. The topological polar surface area (TPSA) is 30.5 Å². The first-order chi connectivity index (χ1) is 11.3. The number of rotatable bonds is 10. The first-order valence-electron chi connectivity index (χ1n) is 8.31. The molecule has 124 valence electrons. The Hall–Kier alpha value is -2.00. The number of unbranched alkanes of at least 4 members (excludes halogenated alkanes) is 1. The molecule has 0 heterocycles. The molecule has 2 aromatic carbocycles. The molecule has 2 rings (SSSR count). The van der Waals surface area contributed by atoms with Crippen LogP contribution in [0.1, 0.15) is 24.0 Å². The van der Waals surface area contributed by atoms with Crippen LogP contribution in [0.4, 0.5) is 0 Å². The Labute approximate surface area is 139 Å². The number of hydrogen-bond acceptors (Lipinski definition) is 3. The first kappa shape index (κ1) is 17.4. The van der Waals surface area contributed by atoms with E-state index in [0.29, 0.717) is 6.61 Å². The van der Waals surface area contributed by atoms with Gasteiger partial charge in [-0.25, -0.2) is 0 Å². The van der Waals surface area contributed by atoms with Gasteiger partial charge in [-0.05, 0) is 50.4 Å². The molecule has 1 N–H and O–H groups in total. The van der Waals surface area contributed by atoms with Crippen molar-refractivity contribution in [2.45, 2.75) is 26.2 Å². The summed E-state index contributed by atoms with van der Waals surface area (Å²) in [6, 6.07) is 16.6. The smallest absolute Gasteiger partial charge is 0.161 e. The van der Waals surface area contributed by atoms with Crippen molar-refractivity contribution in [1.82, 2.24) is 5.32 Å². The van der Waals surface area contributed by atoms with Crippen LogP contribution in [0, 0.1) is 6.92 Å². The van der Waals surface area contributed by atoms with Crippen LogP contribution in [0.25, 0.3) is 0 Å². The van der Waals surface area contributed by atoms with Crippen LogP contribution in [0.2, 0.25) is 0 Å². The second-order valence-electron chi connectivity index (χ2n) is 5.69. The largest absolute Gasteiger partial charge is 0.493 e. The van der Waals surface area contributed by atoms with Crippen molar-refractivity contribution < 1.29 is 9.47 Å². The summed E-state index contributed by atoms with van der Waals surface area (Å²) in [6.45, 7) is 4.66. The van der Waals surface area contributed by atoms with Crippen molar-refractivity contribution >= 4 is 0 Å². The lowest BCUT2D eigenvalue weighted by molar-refractivity contribution is 0.292. The molecule has 2 aromatic rings. The summed E-state index contributed by atoms with van der Waals surface area (Å²) >= 11 is 0. The molecular weight excluding hydrogens is 286 g/mol. The highest BCUT2D eigenvalue weighted by atomic mass is 16.5. The summed E-state index contributed by atoms with van der Waals surface area (Å²) < 4.78 is 11.0. The first-order valence-corrected chi connectivity index (χ1v) is 8.31. The molecule has 0 bridgehead atoms. The normalized spacial score (nSPS) is 10.5. The molecule has 0 unspecified atom stereocenters. The monoisotopic (exact) mass is 313 g/mol. The van der Waals surface area contributed by atoms with Gasteiger partial charge in [-0.15, -0.1) is 0 Å². The Morgan fingerprint density at radius 1 is 0.870 bits per heavy atom. The van der Waals surface area contributed by atoms with E-state index in [1.807, 2.05) is 24.3 Å². The maximum atomic E-state index is 5.73. The Kier molecular flexibility index (Phi) is 7.47. The van der Waals surface area contributed by atoms with Crippen molar-refractivity contribution in [3.8, 4) is 11.5 Å². The zero-order valence-corrected chi connectivity index (χ0v) is 14.2. The van der Waals surface area contributed by atoms with Gasteiger partial charge in [-0.2, -0.15) is 0 Å².